The third-order valence-corrected chi connectivity index (χ3v) is 8.95. The molecular formula is C44H51N. The van der Waals surface area contributed by atoms with E-state index in [-0.39, 0.29) is 0 Å². The maximum atomic E-state index is 3.57. The normalized spacial score (nSPS) is 19.1. The molecule has 3 atom stereocenters. The third kappa shape index (κ3) is 8.85. The van der Waals surface area contributed by atoms with Crippen LogP contribution in [0.25, 0.3) is 16.7 Å². The summed E-state index contributed by atoms with van der Waals surface area (Å²) >= 11 is 0. The number of allylic oxidation sites excluding steroid dienone is 10. The minimum absolute atomic E-state index is 0.438. The summed E-state index contributed by atoms with van der Waals surface area (Å²) in [5.74, 6) is 1.13. The topological polar surface area (TPSA) is 3.24 Å². The van der Waals surface area contributed by atoms with E-state index >= 15 is 0 Å². The molecule has 3 aliphatic rings. The van der Waals surface area contributed by atoms with Gasteiger partial charge in [0, 0.05) is 18.7 Å². The highest BCUT2D eigenvalue weighted by Gasteiger charge is 2.38. The Hall–Kier alpha value is -4.36. The second kappa shape index (κ2) is 16.6. The van der Waals surface area contributed by atoms with Crippen molar-refractivity contribution in [2.45, 2.75) is 65.8 Å². The van der Waals surface area contributed by atoms with Gasteiger partial charge in [-0.25, -0.2) is 0 Å². The molecule has 0 N–H and O–H groups in total. The van der Waals surface area contributed by atoms with Gasteiger partial charge in [-0.3, -0.25) is 0 Å². The van der Waals surface area contributed by atoms with Crippen molar-refractivity contribution in [3.8, 4) is 11.1 Å². The summed E-state index contributed by atoms with van der Waals surface area (Å²) < 4.78 is 0. The molecular weight excluding hydrogens is 542 g/mol. The molecule has 1 heterocycles. The van der Waals surface area contributed by atoms with Crippen LogP contribution in [0, 0.1) is 12.8 Å². The average molecular weight is 594 g/mol. The molecule has 3 unspecified atom stereocenters. The number of nitrogens with zero attached hydrogens (tertiary/aromatic N) is 1. The number of hydrogen-bond donors (Lipinski definition) is 0. The first-order valence-corrected chi connectivity index (χ1v) is 16.5. The summed E-state index contributed by atoms with van der Waals surface area (Å²) in [6.45, 7) is 14.2. The summed E-state index contributed by atoms with van der Waals surface area (Å²) in [5, 5.41) is 0. The lowest BCUT2D eigenvalue weighted by atomic mass is 9.85. The Kier molecular flexibility index (Phi) is 12.4. The molecule has 0 spiro atoms. The van der Waals surface area contributed by atoms with E-state index in [0.717, 1.165) is 0 Å². The quantitative estimate of drug-likeness (QED) is 0.257. The highest BCUT2D eigenvalue weighted by Crippen LogP contribution is 2.44. The molecule has 1 fully saturated rings. The van der Waals surface area contributed by atoms with E-state index in [0.29, 0.717) is 17.9 Å². The van der Waals surface area contributed by atoms with Crippen molar-refractivity contribution in [3.05, 3.63) is 174 Å². The Morgan fingerprint density at radius 3 is 2.11 bits per heavy atom. The van der Waals surface area contributed by atoms with Crippen LogP contribution in [0.3, 0.4) is 0 Å². The maximum Gasteiger partial charge on any atom is 0.0582 e. The van der Waals surface area contributed by atoms with E-state index in [4.69, 9.17) is 0 Å². The SMILES string of the molecule is C=C/C=C(C)\C=C/C.CCC(C)c1ccc(-c2ccc(C3=CC4C(C=C3)C3=CCCC=C3N4C)cc2)cc1.Cc1ccccc1. The predicted molar refractivity (Wildman–Crippen MR) is 198 cm³/mol. The van der Waals surface area contributed by atoms with Gasteiger partial charge in [-0.15, -0.1) is 0 Å². The standard InChI is InChI=1S/C29H31N.C8H12.C7H8/c1-4-20(2)21-9-11-22(12-10-21)23-13-15-24(16-14-23)25-17-18-27-26-7-5-6-8-28(26)30(3)29(27)19-25;1-4-6-8(3)7-5-2;1-7-5-3-2-4-6-7/h7-20,27,29H,4-6H2,1-3H3;4-7H,1H2,2-3H3;2-6H,1H3/b;7-5-,8-6-;. The number of fused-ring (bicyclic) bond motifs is 3. The molecule has 1 heteroatoms. The van der Waals surface area contributed by atoms with Crippen LogP contribution in [-0.4, -0.2) is 18.0 Å². The van der Waals surface area contributed by atoms with Gasteiger partial charge in [0.15, 0.2) is 0 Å². The second-order valence-electron chi connectivity index (χ2n) is 12.2. The molecule has 1 aliphatic heterocycles. The number of likely N-dealkylation sites (tertiary alicyclic amines) is 1. The Bertz CT molecular complexity index is 1570. The number of rotatable bonds is 6. The summed E-state index contributed by atoms with van der Waals surface area (Å²) in [4.78, 5) is 2.46. The zero-order chi connectivity index (χ0) is 32.2. The Labute approximate surface area is 273 Å². The van der Waals surface area contributed by atoms with E-state index in [1.54, 1.807) is 6.08 Å². The van der Waals surface area contributed by atoms with E-state index in [2.05, 4.69) is 130 Å². The van der Waals surface area contributed by atoms with Gasteiger partial charge in [0.25, 0.3) is 0 Å². The van der Waals surface area contributed by atoms with Crippen LogP contribution >= 0.6 is 0 Å². The highest BCUT2D eigenvalue weighted by molar-refractivity contribution is 5.78. The molecule has 6 rings (SSSR count). The highest BCUT2D eigenvalue weighted by atomic mass is 15.2. The fourth-order valence-corrected chi connectivity index (χ4v) is 6.13. The molecule has 1 nitrogen and oxygen atoms in total. The van der Waals surface area contributed by atoms with Crippen molar-refractivity contribution in [1.82, 2.24) is 4.90 Å². The Morgan fingerprint density at radius 2 is 1.53 bits per heavy atom. The van der Waals surface area contributed by atoms with Crippen molar-refractivity contribution in [3.63, 3.8) is 0 Å². The largest absolute Gasteiger partial charge is 0.367 e. The summed E-state index contributed by atoms with van der Waals surface area (Å²) in [6.07, 6.45) is 23.4. The molecule has 0 saturated carbocycles. The van der Waals surface area contributed by atoms with Crippen molar-refractivity contribution >= 4 is 5.57 Å². The molecule has 45 heavy (non-hydrogen) atoms. The molecule has 3 aromatic rings. The first kappa shape index (κ1) is 33.5. The molecule has 0 aromatic heterocycles. The van der Waals surface area contributed by atoms with Crippen LogP contribution in [0.5, 0.6) is 0 Å². The molecule has 232 valence electrons. The van der Waals surface area contributed by atoms with Crippen LogP contribution in [-0.2, 0) is 0 Å². The van der Waals surface area contributed by atoms with Crippen LogP contribution in [0.1, 0.15) is 69.6 Å². The summed E-state index contributed by atoms with van der Waals surface area (Å²) in [6, 6.07) is 28.9. The molecule has 0 amide bonds. The van der Waals surface area contributed by atoms with Crippen molar-refractivity contribution < 1.29 is 0 Å². The van der Waals surface area contributed by atoms with Crippen LogP contribution in [0.4, 0.5) is 0 Å². The molecule has 2 aliphatic carbocycles. The molecule has 0 radical (unpaired) electrons. The molecule has 3 aromatic carbocycles. The molecule has 1 saturated heterocycles. The number of hydrogen-bond acceptors (Lipinski definition) is 1. The van der Waals surface area contributed by atoms with Gasteiger partial charge in [0.2, 0.25) is 0 Å². The van der Waals surface area contributed by atoms with Gasteiger partial charge in [-0.1, -0.05) is 165 Å². The van der Waals surface area contributed by atoms with Crippen molar-refractivity contribution in [2.75, 3.05) is 7.05 Å². The van der Waals surface area contributed by atoms with Gasteiger partial charge < -0.3 is 4.90 Å². The Balaban J connectivity index is 0.000000253. The predicted octanol–water partition coefficient (Wildman–Crippen LogP) is 12.0. The second-order valence-corrected chi connectivity index (χ2v) is 12.2. The average Bonchev–Trinajstić information content (AvgIpc) is 3.36. The van der Waals surface area contributed by atoms with Crippen molar-refractivity contribution in [1.29, 1.82) is 0 Å². The van der Waals surface area contributed by atoms with Gasteiger partial charge in [-0.05, 0) is 79.4 Å². The zero-order valence-electron chi connectivity index (χ0n) is 28.2. The minimum atomic E-state index is 0.438. The number of aryl methyl sites for hydroxylation is 1. The van der Waals surface area contributed by atoms with Crippen LogP contribution < -0.4 is 0 Å². The monoisotopic (exact) mass is 593 g/mol. The summed E-state index contributed by atoms with van der Waals surface area (Å²) in [5.41, 5.74) is 12.2. The Morgan fingerprint density at radius 1 is 0.911 bits per heavy atom. The van der Waals surface area contributed by atoms with Crippen LogP contribution in [0.2, 0.25) is 0 Å². The molecule has 0 bridgehead atoms. The minimum Gasteiger partial charge on any atom is -0.367 e. The van der Waals surface area contributed by atoms with E-state index in [9.17, 15) is 0 Å². The van der Waals surface area contributed by atoms with Gasteiger partial charge in [-0.2, -0.15) is 0 Å². The third-order valence-electron chi connectivity index (χ3n) is 8.95. The van der Waals surface area contributed by atoms with Crippen molar-refractivity contribution in [2.24, 2.45) is 5.92 Å². The van der Waals surface area contributed by atoms with Gasteiger partial charge in [0.1, 0.15) is 0 Å². The van der Waals surface area contributed by atoms with E-state index in [1.807, 2.05) is 50.3 Å². The van der Waals surface area contributed by atoms with Gasteiger partial charge >= 0.3 is 0 Å². The lowest BCUT2D eigenvalue weighted by molar-refractivity contribution is 0.378. The smallest absolute Gasteiger partial charge is 0.0582 e. The number of likely N-dealkylation sites (N-methyl/N-ethyl adjacent to an activating group) is 1. The first-order chi connectivity index (χ1) is 21.9. The van der Waals surface area contributed by atoms with E-state index < -0.39 is 0 Å². The first-order valence-electron chi connectivity index (χ1n) is 16.5. The zero-order valence-corrected chi connectivity index (χ0v) is 28.2. The summed E-state index contributed by atoms with van der Waals surface area (Å²) in [7, 11) is 2.25. The maximum absolute atomic E-state index is 3.57. The van der Waals surface area contributed by atoms with Gasteiger partial charge in [0.05, 0.1) is 6.04 Å². The van der Waals surface area contributed by atoms with Crippen LogP contribution in [0.15, 0.2) is 157 Å². The fraction of sp³-hybridized carbons (Fsp3) is 0.273. The number of benzene rings is 3. The fourth-order valence-electron chi connectivity index (χ4n) is 6.13. The lowest BCUT2D eigenvalue weighted by Gasteiger charge is -2.25. The van der Waals surface area contributed by atoms with E-state index in [1.165, 1.54) is 69.5 Å². The lowest BCUT2D eigenvalue weighted by Crippen LogP contribution is -2.27.